The van der Waals surface area contributed by atoms with Gasteiger partial charge in [0.2, 0.25) is 5.75 Å². The van der Waals surface area contributed by atoms with Gasteiger partial charge in [-0.3, -0.25) is 14.4 Å². The van der Waals surface area contributed by atoms with Crippen molar-refractivity contribution in [3.63, 3.8) is 0 Å². The quantitative estimate of drug-likeness (QED) is 0.173. The summed E-state index contributed by atoms with van der Waals surface area (Å²) in [5, 5.41) is 10.7. The van der Waals surface area contributed by atoms with Crippen LogP contribution < -0.4 is 35.9 Å². The maximum Gasteiger partial charge on any atom is 0.347 e. The van der Waals surface area contributed by atoms with Gasteiger partial charge in [-0.2, -0.15) is 0 Å². The van der Waals surface area contributed by atoms with Gasteiger partial charge in [0.1, 0.15) is 5.69 Å². The summed E-state index contributed by atoms with van der Waals surface area (Å²) in [5.74, 6) is -1.32. The molecule has 1 saturated carbocycles. The number of carbonyl (C=O) groups excluding carboxylic acids is 2. The molecule has 0 saturated heterocycles. The molecule has 1 fully saturated rings. The minimum Gasteiger partial charge on any atom is -0.502 e. The number of Topliss-reactive ketones (excluding diaryl/α,β-unsaturated/α-hetero) is 1. The van der Waals surface area contributed by atoms with Crippen LogP contribution in [-0.4, -0.2) is 68.6 Å². The standard InChI is InChI=1S/C49H45N5O10/c1-51-38-27-40(62-3)39(61-2)26-36(38)50-35(46(51)58)19-20-52-47(59)53-21-18-31-33(17-16-28-22-41(63-4)45(57)42(23-28)64-5)49(30-14-10-7-11-15-30)34(25-37(31)54(53)48(52)60)44(56)32(24-43(49)55)29-12-8-6-9-13-29/h6-18,22-24,26-27,33-34,37,57H,19-21,25H2,1-5H3/t33-,34-,37+,49-/m0/s1. The minimum absolute atomic E-state index is 0.00149. The third kappa shape index (κ3) is 6.40. The highest BCUT2D eigenvalue weighted by molar-refractivity contribution is 6.31. The van der Waals surface area contributed by atoms with E-state index in [0.29, 0.717) is 44.8 Å². The molecule has 0 radical (unpaired) electrons. The summed E-state index contributed by atoms with van der Waals surface area (Å²) in [6.45, 7) is -0.157. The van der Waals surface area contributed by atoms with Gasteiger partial charge in [0.05, 0.1) is 57.5 Å². The maximum atomic E-state index is 15.3. The number of fused-ring (bicyclic) bond motifs is 5. The number of rotatable bonds is 11. The molecular weight excluding hydrogens is 819 g/mol. The number of aromatic hydroxyl groups is 1. The number of carbonyl (C=O) groups is 2. The van der Waals surface area contributed by atoms with Crippen molar-refractivity contribution >= 4 is 34.2 Å². The van der Waals surface area contributed by atoms with Gasteiger partial charge in [0, 0.05) is 49.6 Å². The van der Waals surface area contributed by atoms with Gasteiger partial charge >= 0.3 is 11.4 Å². The zero-order chi connectivity index (χ0) is 45.0. The zero-order valence-corrected chi connectivity index (χ0v) is 35.8. The fourth-order valence-corrected chi connectivity index (χ4v) is 9.93. The molecule has 1 N–H and O–H groups in total. The van der Waals surface area contributed by atoms with Crippen LogP contribution in [0.3, 0.4) is 0 Å². The molecule has 15 nitrogen and oxygen atoms in total. The first-order valence-electron chi connectivity index (χ1n) is 20.7. The van der Waals surface area contributed by atoms with Crippen molar-refractivity contribution in [1.29, 1.82) is 0 Å². The lowest BCUT2D eigenvalue weighted by molar-refractivity contribution is -0.133. The number of benzene rings is 4. The smallest absolute Gasteiger partial charge is 0.347 e. The number of aryl methyl sites for hydroxylation is 2. The molecule has 326 valence electrons. The Morgan fingerprint density at radius 1 is 0.812 bits per heavy atom. The summed E-state index contributed by atoms with van der Waals surface area (Å²) in [4.78, 5) is 77.7. The summed E-state index contributed by atoms with van der Waals surface area (Å²) >= 11 is 0. The van der Waals surface area contributed by atoms with E-state index in [4.69, 9.17) is 18.9 Å². The third-order valence-electron chi connectivity index (χ3n) is 13.0. The van der Waals surface area contributed by atoms with Gasteiger partial charge < -0.3 is 28.6 Å². The first-order chi connectivity index (χ1) is 31.0. The average molecular weight is 864 g/mol. The van der Waals surface area contributed by atoms with Crippen molar-refractivity contribution in [2.45, 2.75) is 37.4 Å². The van der Waals surface area contributed by atoms with Crippen molar-refractivity contribution in [3.8, 4) is 28.7 Å². The highest BCUT2D eigenvalue weighted by Crippen LogP contribution is 2.58. The van der Waals surface area contributed by atoms with E-state index < -0.39 is 40.2 Å². The van der Waals surface area contributed by atoms with Gasteiger partial charge in [0.15, 0.2) is 34.6 Å². The second-order valence-corrected chi connectivity index (χ2v) is 16.0. The molecule has 0 amide bonds. The normalized spacial score (nSPS) is 20.3. The molecule has 4 aromatic carbocycles. The van der Waals surface area contributed by atoms with Crippen molar-refractivity contribution in [1.82, 2.24) is 23.5 Å². The largest absolute Gasteiger partial charge is 0.502 e. The van der Waals surface area contributed by atoms with Crippen LogP contribution in [0.4, 0.5) is 0 Å². The van der Waals surface area contributed by atoms with E-state index in [1.165, 1.54) is 48.4 Å². The Kier molecular flexibility index (Phi) is 10.6. The highest BCUT2D eigenvalue weighted by atomic mass is 16.5. The lowest BCUT2D eigenvalue weighted by atomic mass is 9.49. The van der Waals surface area contributed by atoms with Crippen LogP contribution in [0.25, 0.3) is 22.7 Å². The number of aromatic nitrogens is 5. The fourth-order valence-electron chi connectivity index (χ4n) is 9.93. The zero-order valence-electron chi connectivity index (χ0n) is 35.8. The van der Waals surface area contributed by atoms with Gasteiger partial charge in [-0.05, 0) is 46.9 Å². The van der Waals surface area contributed by atoms with Crippen LogP contribution in [0.5, 0.6) is 28.7 Å². The Morgan fingerprint density at radius 3 is 2.11 bits per heavy atom. The SMILES string of the molecule is COc1cc2nc(CCn3c(=O)n4n(c3=O)[C@@H]3C[C@H]5C(=O)C(c6ccccc6)=CC(=O)[C@@]5(c5ccccc5)[C@@H](C=Cc5cc(OC)c(O)c(OC)c5)C3=CC4)c(=O)n(C)c2cc1OC. The van der Waals surface area contributed by atoms with Crippen LogP contribution in [-0.2, 0) is 41.6 Å². The van der Waals surface area contributed by atoms with Gasteiger partial charge in [-0.1, -0.05) is 78.9 Å². The fraction of sp³-hybridized carbons (Fsp3) is 0.265. The number of phenols is 1. The summed E-state index contributed by atoms with van der Waals surface area (Å²) < 4.78 is 27.1. The third-order valence-corrected chi connectivity index (χ3v) is 13.0. The van der Waals surface area contributed by atoms with E-state index in [2.05, 4.69) is 4.98 Å². The molecule has 2 aliphatic carbocycles. The maximum absolute atomic E-state index is 15.3. The van der Waals surface area contributed by atoms with Crippen molar-refractivity contribution in [2.24, 2.45) is 18.9 Å². The Bertz CT molecular complexity index is 3130. The van der Waals surface area contributed by atoms with Crippen LogP contribution >= 0.6 is 0 Å². The average Bonchev–Trinajstić information content (AvgIpc) is 3.57. The van der Waals surface area contributed by atoms with Crippen LogP contribution in [0.15, 0.2) is 123 Å². The topological polar surface area (TPSA) is 175 Å². The lowest BCUT2D eigenvalue weighted by Crippen LogP contribution is -2.59. The Labute approximate surface area is 366 Å². The van der Waals surface area contributed by atoms with E-state index in [9.17, 15) is 19.5 Å². The Hall–Kier alpha value is -7.68. The number of phenolic OH excluding ortho intramolecular Hbond substituents is 1. The van der Waals surface area contributed by atoms with Gasteiger partial charge in [0.25, 0.3) is 5.56 Å². The number of methoxy groups -OCH3 is 4. The molecule has 2 aromatic heterocycles. The van der Waals surface area contributed by atoms with E-state index in [1.54, 1.807) is 61.7 Å². The van der Waals surface area contributed by atoms with Gasteiger partial charge in [-0.15, -0.1) is 0 Å². The van der Waals surface area contributed by atoms with Crippen LogP contribution in [0.1, 0.15) is 34.8 Å². The summed E-state index contributed by atoms with van der Waals surface area (Å²) in [6.07, 6.45) is 6.96. The number of hydrogen-bond acceptors (Lipinski definition) is 11. The predicted octanol–water partition coefficient (Wildman–Crippen LogP) is 5.05. The van der Waals surface area contributed by atoms with E-state index in [0.717, 1.165) is 4.57 Å². The second kappa shape index (κ2) is 16.2. The van der Waals surface area contributed by atoms with Crippen molar-refractivity contribution < 1.29 is 33.6 Å². The molecule has 0 unspecified atom stereocenters. The summed E-state index contributed by atoms with van der Waals surface area (Å²) in [7, 11) is 7.46. The van der Waals surface area contributed by atoms with Crippen molar-refractivity contribution in [3.05, 3.63) is 162 Å². The molecule has 3 heterocycles. The predicted molar refractivity (Wildman–Crippen MR) is 238 cm³/mol. The molecular formula is C49H45N5O10. The first-order valence-corrected chi connectivity index (χ1v) is 20.7. The van der Waals surface area contributed by atoms with E-state index >= 15 is 9.59 Å². The molecule has 4 atom stereocenters. The van der Waals surface area contributed by atoms with Crippen LogP contribution in [0, 0.1) is 11.8 Å². The molecule has 0 spiro atoms. The monoisotopic (exact) mass is 863 g/mol. The molecule has 0 bridgehead atoms. The van der Waals surface area contributed by atoms with Crippen molar-refractivity contribution in [2.75, 3.05) is 28.4 Å². The molecule has 3 aliphatic rings. The summed E-state index contributed by atoms with van der Waals surface area (Å²) in [6, 6.07) is 24.0. The number of nitrogens with zero attached hydrogens (tertiary/aromatic N) is 5. The number of ether oxygens (including phenoxy) is 4. The van der Waals surface area contributed by atoms with E-state index in [1.807, 2.05) is 48.6 Å². The van der Waals surface area contributed by atoms with E-state index in [-0.39, 0.29) is 66.0 Å². The number of allylic oxidation sites excluding steroid dienone is 5. The molecule has 1 aliphatic heterocycles. The first kappa shape index (κ1) is 41.7. The minimum atomic E-state index is -1.45. The molecule has 64 heavy (non-hydrogen) atoms. The van der Waals surface area contributed by atoms with Gasteiger partial charge in [-0.25, -0.2) is 28.5 Å². The molecule has 15 heteroatoms. The molecule has 6 aromatic rings. The lowest BCUT2D eigenvalue weighted by Gasteiger charge is -2.53. The number of ketones is 2. The Balaban J connectivity index is 1.18. The Morgan fingerprint density at radius 2 is 1.45 bits per heavy atom. The van der Waals surface area contributed by atoms with Crippen LogP contribution in [0.2, 0.25) is 0 Å². The summed E-state index contributed by atoms with van der Waals surface area (Å²) in [5.41, 5.74) is 0.804. The highest BCUT2D eigenvalue weighted by Gasteiger charge is 2.62. The second-order valence-electron chi connectivity index (χ2n) is 16.0. The number of hydrogen-bond donors (Lipinski definition) is 1. The molecule has 9 rings (SSSR count).